The van der Waals surface area contributed by atoms with Crippen LogP contribution in [0.3, 0.4) is 0 Å². The average molecular weight is 459 g/mol. The first kappa shape index (κ1) is 24.7. The van der Waals surface area contributed by atoms with Gasteiger partial charge in [0, 0.05) is 24.6 Å². The van der Waals surface area contributed by atoms with E-state index in [1.807, 2.05) is 19.2 Å². The molecule has 2 N–H and O–H groups in total. The molecule has 5 nitrogen and oxygen atoms in total. The molecule has 0 aromatic heterocycles. The summed E-state index contributed by atoms with van der Waals surface area (Å²) in [5.74, 6) is 1.13. The molecule has 0 amide bonds. The third-order valence-electron chi connectivity index (χ3n) is 6.49. The van der Waals surface area contributed by atoms with Crippen molar-refractivity contribution >= 4 is 17.9 Å². The van der Waals surface area contributed by atoms with Gasteiger partial charge in [0.05, 0.1) is 18.2 Å². The van der Waals surface area contributed by atoms with Crippen molar-refractivity contribution < 1.29 is 14.6 Å². The Kier molecular flexibility index (Phi) is 9.54. The van der Waals surface area contributed by atoms with E-state index < -0.39 is 6.10 Å². The second-order valence-electron chi connectivity index (χ2n) is 8.66. The van der Waals surface area contributed by atoms with Crippen molar-refractivity contribution in [2.75, 3.05) is 33.8 Å². The maximum absolute atomic E-state index is 10.6. The lowest BCUT2D eigenvalue weighted by molar-refractivity contribution is -0.108. The highest BCUT2D eigenvalue weighted by molar-refractivity contribution is 6.32. The Labute approximate surface area is 196 Å². The predicted molar refractivity (Wildman–Crippen MR) is 130 cm³/mol. The van der Waals surface area contributed by atoms with E-state index in [4.69, 9.17) is 16.3 Å². The highest BCUT2D eigenvalue weighted by Gasteiger charge is 2.26. The van der Waals surface area contributed by atoms with Gasteiger partial charge < -0.3 is 24.9 Å². The molecule has 2 unspecified atom stereocenters. The quantitative estimate of drug-likeness (QED) is 0.584. The van der Waals surface area contributed by atoms with Gasteiger partial charge in [0.25, 0.3) is 0 Å². The SMILES string of the molecule is CNC(CN1CCCC1)C(O)c1cccc(Cl)c1OC.O=CCC1Cc2ccccc2C1. The van der Waals surface area contributed by atoms with E-state index >= 15 is 0 Å². The van der Waals surface area contributed by atoms with Crippen molar-refractivity contribution in [3.05, 3.63) is 64.2 Å². The summed E-state index contributed by atoms with van der Waals surface area (Å²) in [6.07, 6.45) is 5.78. The summed E-state index contributed by atoms with van der Waals surface area (Å²) in [4.78, 5) is 12.7. The molecule has 0 saturated carbocycles. The minimum atomic E-state index is -0.644. The fourth-order valence-electron chi connectivity index (χ4n) is 4.74. The molecule has 1 heterocycles. The van der Waals surface area contributed by atoms with E-state index in [1.54, 1.807) is 13.2 Å². The molecule has 2 aromatic carbocycles. The fourth-order valence-corrected chi connectivity index (χ4v) is 4.99. The molecule has 1 aliphatic heterocycles. The molecule has 1 aliphatic carbocycles. The topological polar surface area (TPSA) is 61.8 Å². The van der Waals surface area contributed by atoms with Crippen LogP contribution in [0.15, 0.2) is 42.5 Å². The number of halogens is 1. The number of likely N-dealkylation sites (tertiary alicyclic amines) is 1. The standard InChI is InChI=1S/C15H23ClN2O2.C11H12O/c1-17-13(10-18-8-3-4-9-18)14(19)11-6-5-7-12(16)15(11)20-2;12-6-5-9-7-10-3-1-2-4-11(10)8-9/h5-7,13-14,17,19H,3-4,8-10H2,1-2H3;1-4,6,9H,5,7-8H2. The van der Waals surface area contributed by atoms with E-state index in [0.29, 0.717) is 23.1 Å². The first-order chi connectivity index (χ1) is 15.6. The van der Waals surface area contributed by atoms with Crippen LogP contribution in [-0.2, 0) is 17.6 Å². The average Bonchev–Trinajstić information content (AvgIpc) is 3.46. The number of carbonyl (C=O) groups is 1. The number of nitrogens with zero attached hydrogens (tertiary/aromatic N) is 1. The molecule has 2 atom stereocenters. The number of aliphatic hydroxyl groups is 1. The van der Waals surface area contributed by atoms with Crippen molar-refractivity contribution in [1.29, 1.82) is 0 Å². The van der Waals surface area contributed by atoms with Gasteiger partial charge in [-0.1, -0.05) is 48.0 Å². The Morgan fingerprint density at radius 3 is 2.38 bits per heavy atom. The molecule has 32 heavy (non-hydrogen) atoms. The Balaban J connectivity index is 0.000000204. The van der Waals surface area contributed by atoms with Crippen LogP contribution in [0, 0.1) is 5.92 Å². The summed E-state index contributed by atoms with van der Waals surface area (Å²) in [5.41, 5.74) is 3.60. The summed E-state index contributed by atoms with van der Waals surface area (Å²) in [6, 6.07) is 13.9. The number of ether oxygens (including phenoxy) is 1. The highest BCUT2D eigenvalue weighted by Crippen LogP contribution is 2.34. The number of para-hydroxylation sites is 1. The minimum absolute atomic E-state index is 0.0412. The number of rotatable bonds is 8. The number of hydrogen-bond donors (Lipinski definition) is 2. The van der Waals surface area contributed by atoms with Crippen molar-refractivity contribution in [3.8, 4) is 5.75 Å². The number of likely N-dealkylation sites (N-methyl/N-ethyl adjacent to an activating group) is 1. The van der Waals surface area contributed by atoms with Gasteiger partial charge >= 0.3 is 0 Å². The predicted octanol–water partition coefficient (Wildman–Crippen LogP) is 4.06. The number of hydrogen-bond acceptors (Lipinski definition) is 5. The van der Waals surface area contributed by atoms with Crippen molar-refractivity contribution in [1.82, 2.24) is 10.2 Å². The highest BCUT2D eigenvalue weighted by atomic mass is 35.5. The Morgan fingerprint density at radius 2 is 1.81 bits per heavy atom. The van der Waals surface area contributed by atoms with Gasteiger partial charge in [-0.05, 0) is 68.9 Å². The van der Waals surface area contributed by atoms with Gasteiger partial charge in [-0.3, -0.25) is 0 Å². The molecule has 6 heteroatoms. The lowest BCUT2D eigenvalue weighted by atomic mass is 10.0. The number of fused-ring (bicyclic) bond motifs is 1. The van der Waals surface area contributed by atoms with E-state index in [9.17, 15) is 9.90 Å². The zero-order chi connectivity index (χ0) is 22.9. The summed E-state index contributed by atoms with van der Waals surface area (Å²) < 4.78 is 5.33. The van der Waals surface area contributed by atoms with Crippen LogP contribution in [-0.4, -0.2) is 56.1 Å². The van der Waals surface area contributed by atoms with Crippen LogP contribution < -0.4 is 10.1 Å². The molecular weight excluding hydrogens is 424 g/mol. The largest absolute Gasteiger partial charge is 0.495 e. The van der Waals surface area contributed by atoms with E-state index in [0.717, 1.165) is 44.3 Å². The number of methoxy groups -OCH3 is 1. The van der Waals surface area contributed by atoms with Gasteiger partial charge in [-0.2, -0.15) is 0 Å². The zero-order valence-electron chi connectivity index (χ0n) is 19.1. The Bertz CT molecular complexity index is 845. The van der Waals surface area contributed by atoms with Crippen LogP contribution in [0.2, 0.25) is 5.02 Å². The number of nitrogens with one attached hydrogen (secondary N) is 1. The molecule has 0 spiro atoms. The molecular formula is C26H35ClN2O3. The molecule has 4 rings (SSSR count). The van der Waals surface area contributed by atoms with Crippen molar-refractivity contribution in [3.63, 3.8) is 0 Å². The normalized spacial score (nSPS) is 17.9. The second-order valence-corrected chi connectivity index (χ2v) is 9.06. The minimum Gasteiger partial charge on any atom is -0.495 e. The number of carbonyl (C=O) groups excluding carboxylic acids is 1. The van der Waals surface area contributed by atoms with Crippen molar-refractivity contribution in [2.45, 2.75) is 44.2 Å². The first-order valence-electron chi connectivity index (χ1n) is 11.5. The molecule has 0 bridgehead atoms. The van der Waals surface area contributed by atoms with Gasteiger partial charge in [0.1, 0.15) is 12.0 Å². The van der Waals surface area contributed by atoms with Gasteiger partial charge in [-0.15, -0.1) is 0 Å². The van der Waals surface area contributed by atoms with Crippen LogP contribution in [0.25, 0.3) is 0 Å². The van der Waals surface area contributed by atoms with Gasteiger partial charge in [0.15, 0.2) is 0 Å². The smallest absolute Gasteiger partial charge is 0.143 e. The van der Waals surface area contributed by atoms with Crippen molar-refractivity contribution in [2.24, 2.45) is 5.92 Å². The monoisotopic (exact) mass is 458 g/mol. The molecule has 174 valence electrons. The summed E-state index contributed by atoms with van der Waals surface area (Å²) in [7, 11) is 3.45. The lowest BCUT2D eigenvalue weighted by Gasteiger charge is -2.28. The number of benzene rings is 2. The molecule has 0 radical (unpaired) electrons. The van der Waals surface area contributed by atoms with Gasteiger partial charge in [0.2, 0.25) is 0 Å². The summed E-state index contributed by atoms with van der Waals surface area (Å²) >= 11 is 6.12. The van der Waals surface area contributed by atoms with Crippen LogP contribution in [0.5, 0.6) is 5.75 Å². The molecule has 2 aromatic rings. The van der Waals surface area contributed by atoms with Crippen LogP contribution in [0.1, 0.15) is 42.1 Å². The van der Waals surface area contributed by atoms with Crippen LogP contribution in [0.4, 0.5) is 0 Å². The van der Waals surface area contributed by atoms with E-state index in [-0.39, 0.29) is 6.04 Å². The third kappa shape index (κ3) is 6.32. The maximum atomic E-state index is 10.6. The molecule has 1 saturated heterocycles. The number of aldehydes is 1. The fraction of sp³-hybridized carbons (Fsp3) is 0.500. The lowest BCUT2D eigenvalue weighted by Crippen LogP contribution is -2.42. The Morgan fingerprint density at radius 1 is 1.16 bits per heavy atom. The first-order valence-corrected chi connectivity index (χ1v) is 11.9. The molecule has 1 fully saturated rings. The zero-order valence-corrected chi connectivity index (χ0v) is 19.9. The summed E-state index contributed by atoms with van der Waals surface area (Å²) in [6.45, 7) is 3.04. The second kappa shape index (κ2) is 12.4. The third-order valence-corrected chi connectivity index (χ3v) is 6.79. The maximum Gasteiger partial charge on any atom is 0.143 e. The van der Waals surface area contributed by atoms with E-state index in [2.05, 4.69) is 34.5 Å². The number of aliphatic hydroxyl groups excluding tert-OH is 1. The summed E-state index contributed by atoms with van der Waals surface area (Å²) in [5, 5.41) is 14.4. The molecule has 2 aliphatic rings. The van der Waals surface area contributed by atoms with Crippen LogP contribution >= 0.6 is 11.6 Å². The van der Waals surface area contributed by atoms with Gasteiger partial charge in [-0.25, -0.2) is 0 Å². The Hall–Kier alpha value is -1.92. The van der Waals surface area contributed by atoms with E-state index in [1.165, 1.54) is 24.0 Å².